The molecule has 16 heavy (non-hydrogen) atoms. The number of hydrogen-bond acceptors (Lipinski definition) is 3. The van der Waals surface area contributed by atoms with Crippen LogP contribution in [0.5, 0.6) is 0 Å². The van der Waals surface area contributed by atoms with Gasteiger partial charge in [-0.1, -0.05) is 12.8 Å². The van der Waals surface area contributed by atoms with Crippen molar-refractivity contribution in [1.82, 2.24) is 10.6 Å². The van der Waals surface area contributed by atoms with Crippen LogP contribution in [0.3, 0.4) is 0 Å². The lowest BCUT2D eigenvalue weighted by atomic mass is 9.85. The molecule has 0 bridgehead atoms. The van der Waals surface area contributed by atoms with Crippen molar-refractivity contribution in [1.29, 1.82) is 0 Å². The van der Waals surface area contributed by atoms with E-state index in [2.05, 4.69) is 10.6 Å². The summed E-state index contributed by atoms with van der Waals surface area (Å²) in [7, 11) is 0. The smallest absolute Gasteiger partial charge is 0.221 e. The molecule has 0 aromatic rings. The maximum atomic E-state index is 11.2. The molecule has 2 atom stereocenters. The van der Waals surface area contributed by atoms with Crippen molar-refractivity contribution >= 4 is 5.91 Å². The second-order valence-corrected chi connectivity index (χ2v) is 4.49. The van der Waals surface area contributed by atoms with Gasteiger partial charge >= 0.3 is 0 Å². The minimum absolute atomic E-state index is 0.103. The summed E-state index contributed by atoms with van der Waals surface area (Å²) in [6.07, 6.45) is 5.22. The largest absolute Gasteiger partial charge is 0.396 e. The van der Waals surface area contributed by atoms with Gasteiger partial charge < -0.3 is 15.7 Å². The van der Waals surface area contributed by atoms with Gasteiger partial charge in [0.05, 0.1) is 0 Å². The van der Waals surface area contributed by atoms with Crippen LogP contribution in [-0.4, -0.2) is 36.8 Å². The summed E-state index contributed by atoms with van der Waals surface area (Å²) >= 11 is 0. The maximum Gasteiger partial charge on any atom is 0.221 e. The molecule has 1 aliphatic rings. The van der Waals surface area contributed by atoms with Crippen LogP contribution in [0.4, 0.5) is 0 Å². The normalized spacial score (nSPS) is 25.4. The molecule has 4 heteroatoms. The molecule has 0 heterocycles. The highest BCUT2D eigenvalue weighted by atomic mass is 16.3. The van der Waals surface area contributed by atoms with Gasteiger partial charge in [-0.2, -0.15) is 0 Å². The number of hydrogen-bond donors (Lipinski definition) is 3. The Morgan fingerprint density at radius 2 is 2.12 bits per heavy atom. The van der Waals surface area contributed by atoms with Crippen molar-refractivity contribution in [2.24, 2.45) is 5.92 Å². The number of amides is 1. The molecule has 0 aromatic heterocycles. The van der Waals surface area contributed by atoms with Gasteiger partial charge in [0.15, 0.2) is 0 Å². The van der Waals surface area contributed by atoms with Crippen LogP contribution in [0.1, 0.15) is 39.0 Å². The third-order valence-electron chi connectivity index (χ3n) is 3.28. The first-order chi connectivity index (χ1) is 7.77. The molecule has 1 saturated carbocycles. The van der Waals surface area contributed by atoms with E-state index in [0.717, 1.165) is 12.8 Å². The third-order valence-corrected chi connectivity index (χ3v) is 3.28. The molecule has 0 aromatic carbocycles. The molecule has 0 aliphatic heterocycles. The Balaban J connectivity index is 2.17. The monoisotopic (exact) mass is 228 g/mol. The molecule has 1 rings (SSSR count). The van der Waals surface area contributed by atoms with Gasteiger partial charge in [-0.15, -0.1) is 0 Å². The van der Waals surface area contributed by atoms with Crippen LogP contribution in [0.15, 0.2) is 0 Å². The highest BCUT2D eigenvalue weighted by Crippen LogP contribution is 2.23. The zero-order valence-electron chi connectivity index (χ0n) is 10.2. The maximum absolute atomic E-state index is 11.2. The van der Waals surface area contributed by atoms with E-state index in [1.807, 2.05) is 6.92 Å². The van der Waals surface area contributed by atoms with Crippen molar-refractivity contribution in [2.75, 3.05) is 19.7 Å². The van der Waals surface area contributed by atoms with Crippen molar-refractivity contribution in [2.45, 2.75) is 45.1 Å². The van der Waals surface area contributed by atoms with Gasteiger partial charge in [0, 0.05) is 32.2 Å². The van der Waals surface area contributed by atoms with Crippen molar-refractivity contribution in [3.05, 3.63) is 0 Å². The van der Waals surface area contributed by atoms with E-state index in [1.54, 1.807) is 0 Å². The quantitative estimate of drug-likeness (QED) is 0.625. The molecule has 0 radical (unpaired) electrons. The Morgan fingerprint density at radius 3 is 2.81 bits per heavy atom. The van der Waals surface area contributed by atoms with Crippen LogP contribution in [0.2, 0.25) is 0 Å². The van der Waals surface area contributed by atoms with Crippen molar-refractivity contribution in [3.8, 4) is 0 Å². The van der Waals surface area contributed by atoms with Gasteiger partial charge in [-0.25, -0.2) is 0 Å². The summed E-state index contributed by atoms with van der Waals surface area (Å²) in [5, 5.41) is 15.4. The van der Waals surface area contributed by atoms with E-state index in [1.165, 1.54) is 12.8 Å². The zero-order chi connectivity index (χ0) is 11.8. The van der Waals surface area contributed by atoms with Crippen molar-refractivity contribution < 1.29 is 9.90 Å². The summed E-state index contributed by atoms with van der Waals surface area (Å²) in [6.45, 7) is 3.60. The second kappa shape index (κ2) is 7.63. The van der Waals surface area contributed by atoms with Crippen LogP contribution < -0.4 is 10.6 Å². The third kappa shape index (κ3) is 4.49. The molecule has 1 fully saturated rings. The fourth-order valence-electron chi connectivity index (χ4n) is 2.35. The Hall–Kier alpha value is -0.610. The molecule has 0 saturated heterocycles. The topological polar surface area (TPSA) is 61.4 Å². The summed E-state index contributed by atoms with van der Waals surface area (Å²) in [5.41, 5.74) is 0. The van der Waals surface area contributed by atoms with E-state index in [4.69, 9.17) is 0 Å². The van der Waals surface area contributed by atoms with Gasteiger partial charge in [-0.05, 0) is 25.7 Å². The lowest BCUT2D eigenvalue weighted by molar-refractivity contribution is -0.120. The highest BCUT2D eigenvalue weighted by molar-refractivity contribution is 5.75. The van der Waals surface area contributed by atoms with Gasteiger partial charge in [0.2, 0.25) is 5.91 Å². The Morgan fingerprint density at radius 1 is 1.38 bits per heavy atom. The lowest BCUT2D eigenvalue weighted by Crippen LogP contribution is -2.41. The number of nitrogens with one attached hydrogen (secondary N) is 2. The van der Waals surface area contributed by atoms with E-state index in [-0.39, 0.29) is 12.5 Å². The van der Waals surface area contributed by atoms with Gasteiger partial charge in [0.1, 0.15) is 0 Å². The lowest BCUT2D eigenvalue weighted by Gasteiger charge is -2.31. The average Bonchev–Trinajstić information content (AvgIpc) is 2.30. The summed E-state index contributed by atoms with van der Waals surface area (Å²) < 4.78 is 0. The Labute approximate surface area is 97.8 Å². The Kier molecular flexibility index (Phi) is 6.42. The molecule has 3 N–H and O–H groups in total. The molecular weight excluding hydrogens is 204 g/mol. The van der Waals surface area contributed by atoms with Crippen molar-refractivity contribution in [3.63, 3.8) is 0 Å². The van der Waals surface area contributed by atoms with Crippen LogP contribution in [0, 0.1) is 5.92 Å². The minimum Gasteiger partial charge on any atom is -0.396 e. The molecule has 4 nitrogen and oxygen atoms in total. The molecular formula is C12H24N2O2. The predicted octanol–water partition coefficient (Wildman–Crippen LogP) is 0.653. The summed E-state index contributed by atoms with van der Waals surface area (Å²) in [5.74, 6) is 0.481. The standard InChI is InChI=1S/C12H24N2O2/c1-2-13-12(16)7-8-14-11-6-4-3-5-10(11)9-15/h10-11,14-15H,2-9H2,1H3,(H,13,16)/t10-,11+/m1/s1. The number of aliphatic hydroxyl groups excluding tert-OH is 1. The van der Waals surface area contributed by atoms with Crippen LogP contribution in [-0.2, 0) is 4.79 Å². The molecule has 0 spiro atoms. The first-order valence-electron chi connectivity index (χ1n) is 6.38. The first kappa shape index (κ1) is 13.5. The van der Waals surface area contributed by atoms with E-state index in [9.17, 15) is 9.90 Å². The average molecular weight is 228 g/mol. The van der Waals surface area contributed by atoms with Gasteiger partial charge in [-0.3, -0.25) is 4.79 Å². The highest BCUT2D eigenvalue weighted by Gasteiger charge is 2.23. The molecule has 1 amide bonds. The van der Waals surface area contributed by atoms with E-state index < -0.39 is 0 Å². The second-order valence-electron chi connectivity index (χ2n) is 4.49. The fraction of sp³-hybridized carbons (Fsp3) is 0.917. The fourth-order valence-corrected chi connectivity index (χ4v) is 2.35. The van der Waals surface area contributed by atoms with Crippen LogP contribution in [0.25, 0.3) is 0 Å². The number of carbonyl (C=O) groups excluding carboxylic acids is 1. The number of rotatable bonds is 6. The molecule has 94 valence electrons. The number of aliphatic hydroxyl groups is 1. The number of carbonyl (C=O) groups is 1. The Bertz CT molecular complexity index is 209. The molecule has 1 aliphatic carbocycles. The SMILES string of the molecule is CCNC(=O)CCN[C@H]1CCCC[C@@H]1CO. The van der Waals surface area contributed by atoms with E-state index >= 15 is 0 Å². The summed E-state index contributed by atoms with van der Waals surface area (Å²) in [4.78, 5) is 11.2. The van der Waals surface area contributed by atoms with E-state index in [0.29, 0.717) is 31.5 Å². The molecule has 0 unspecified atom stereocenters. The first-order valence-corrected chi connectivity index (χ1v) is 6.38. The van der Waals surface area contributed by atoms with Crippen LogP contribution >= 0.6 is 0 Å². The minimum atomic E-state index is 0.103. The zero-order valence-corrected chi connectivity index (χ0v) is 10.2. The van der Waals surface area contributed by atoms with Gasteiger partial charge in [0.25, 0.3) is 0 Å². The predicted molar refractivity (Wildman–Crippen MR) is 64.1 cm³/mol. The summed E-state index contributed by atoms with van der Waals surface area (Å²) in [6, 6.07) is 0.396.